The molecular weight excluding hydrogens is 896 g/mol. The van der Waals surface area contributed by atoms with E-state index in [2.05, 4.69) is 224 Å². The second-order valence-electron chi connectivity index (χ2n) is 18.9. The Morgan fingerprint density at radius 3 is 1.05 bits per heavy atom. The van der Waals surface area contributed by atoms with E-state index in [0.29, 0.717) is 0 Å². The summed E-state index contributed by atoms with van der Waals surface area (Å²) in [7, 11) is -4.69. The minimum atomic E-state index is -2.37. The number of terminal acetylenes is 1. The average Bonchev–Trinajstić information content (AvgIpc) is 3.32. The topological polar surface area (TPSA) is 18.5 Å². The normalized spacial score (nSPS) is 11.1. The first kappa shape index (κ1) is 63.4. The first-order chi connectivity index (χ1) is 31.4. The molecule has 0 heterocycles. The predicted molar refractivity (Wildman–Crippen MR) is 298 cm³/mol. The molecule has 0 saturated heterocycles. The Morgan fingerprint density at radius 1 is 0.470 bits per heavy atom. The number of alkyl halides is 1. The van der Waals surface area contributed by atoms with Crippen LogP contribution in [0.4, 0.5) is 0 Å². The maximum absolute atomic E-state index is 6.94. The van der Waals surface area contributed by atoms with E-state index in [1.165, 1.54) is 91.4 Å². The maximum Gasteiger partial charge on any atom is 1.00 e. The van der Waals surface area contributed by atoms with Crippen LogP contribution in [0.3, 0.4) is 0 Å². The number of hydrogen-bond acceptors (Lipinski definition) is 2. The van der Waals surface area contributed by atoms with Gasteiger partial charge in [-0.1, -0.05) is 245 Å². The van der Waals surface area contributed by atoms with Crippen LogP contribution in [0.15, 0.2) is 121 Å². The Balaban J connectivity index is 0.00000104. The molecule has 0 amide bonds. The van der Waals surface area contributed by atoms with Gasteiger partial charge in [0.15, 0.2) is 0 Å². The maximum atomic E-state index is 6.94. The van der Waals surface area contributed by atoms with E-state index >= 15 is 0 Å². The van der Waals surface area contributed by atoms with Gasteiger partial charge >= 0.3 is 18.9 Å². The van der Waals surface area contributed by atoms with Crippen LogP contribution in [0.25, 0.3) is 0 Å². The van der Waals surface area contributed by atoms with Crippen LogP contribution in [-0.4, -0.2) is 35.2 Å². The van der Waals surface area contributed by atoms with Crippen LogP contribution in [-0.2, 0) is 8.85 Å². The Bertz CT molecular complexity index is 1730. The molecule has 4 rings (SSSR count). The van der Waals surface area contributed by atoms with Gasteiger partial charge in [0.05, 0.1) is 0 Å². The smallest absolute Gasteiger partial charge is 0.407 e. The molecule has 4 aromatic rings. The molecule has 0 N–H and O–H groups in total. The molecule has 0 spiro atoms. The molecule has 0 atom stereocenters. The summed E-state index contributed by atoms with van der Waals surface area (Å²) in [5, 5.41) is 6.66. The summed E-state index contributed by atoms with van der Waals surface area (Å²) in [6.07, 6.45) is 24.9. The van der Waals surface area contributed by atoms with Crippen molar-refractivity contribution in [2.75, 3.05) is 18.5 Å². The summed E-state index contributed by atoms with van der Waals surface area (Å²) in [5.41, 5.74) is 0. The molecule has 0 saturated carbocycles. The van der Waals surface area contributed by atoms with Gasteiger partial charge in [0.1, 0.15) is 0 Å². The Labute approximate surface area is 430 Å². The molecule has 0 aliphatic carbocycles. The number of halogens is 1. The fraction of sp³-hybridized carbons (Fsp3) is 0.517. The van der Waals surface area contributed by atoms with Crippen LogP contribution in [0.5, 0.6) is 0 Å². The number of unbranched alkanes of at least 4 members (excludes halogenated alkanes) is 12. The van der Waals surface area contributed by atoms with E-state index in [-0.39, 0.29) is 28.9 Å². The molecule has 0 bridgehead atoms. The fourth-order valence-corrected chi connectivity index (χ4v) is 17.6. The Morgan fingerprint density at radius 2 is 0.773 bits per heavy atom. The van der Waals surface area contributed by atoms with E-state index in [4.69, 9.17) is 15.3 Å². The standard InChI is InChI=1S/C28H40OSi.C21H29BrOSi.C7H12.C4H9.Li/c1-5-6-7-8-9-10-11-12-13-20-25-29-30(28(2,3)4,26-21-16-14-17-22-26)27-23-18-15-19-24-27;1-21(2,3)24(19-13-7-4-8-14-19,20-15-9-5-10-16-20)23-18-12-6-11-17-22;1-3-5-7-6-4-2;1-3-4-2;/h14-19,21-24H,5-8,11-13,20,25H2,1-4H3;4-5,7-10,13-16H,6,11-12,17-18H2,1-3H3;1H,4-7H2,2H3;1,3-4H2,2H3;/q;;;-1;+1. The molecule has 0 aromatic heterocycles. The second-order valence-corrected chi connectivity index (χ2v) is 28.3. The Hall–Kier alpha value is -2.57. The molecule has 0 fully saturated rings. The number of rotatable bonds is 23. The summed E-state index contributed by atoms with van der Waals surface area (Å²) in [4.78, 5) is 0. The second kappa shape index (κ2) is 38.3. The zero-order chi connectivity index (χ0) is 48.1. The quantitative estimate of drug-likeness (QED) is 0.0242. The van der Waals surface area contributed by atoms with Crippen molar-refractivity contribution in [2.45, 2.75) is 182 Å². The van der Waals surface area contributed by atoms with Crippen LogP contribution < -0.4 is 39.6 Å². The number of hydrogen-bond donors (Lipinski definition) is 0. The van der Waals surface area contributed by atoms with Crippen molar-refractivity contribution in [3.8, 4) is 24.2 Å². The summed E-state index contributed by atoms with van der Waals surface area (Å²) in [5.74, 6) is 9.27. The molecular formula is C60H90BrLiO2Si2. The fourth-order valence-electron chi connectivity index (χ4n) is 7.96. The van der Waals surface area contributed by atoms with E-state index in [9.17, 15) is 0 Å². The van der Waals surface area contributed by atoms with Gasteiger partial charge in [0.2, 0.25) is 0 Å². The predicted octanol–water partition coefficient (Wildman–Crippen LogP) is 12.7. The molecule has 0 unspecified atom stereocenters. The van der Waals surface area contributed by atoms with Gasteiger partial charge in [0, 0.05) is 37.8 Å². The molecule has 6 heteroatoms. The zero-order valence-electron chi connectivity index (χ0n) is 43.7. The average molecular weight is 986 g/mol. The molecule has 0 radical (unpaired) electrons. The third-order valence-electron chi connectivity index (χ3n) is 11.5. The first-order valence-electron chi connectivity index (χ1n) is 25.1. The minimum Gasteiger partial charge on any atom is -0.407 e. The summed E-state index contributed by atoms with van der Waals surface area (Å²) < 4.78 is 13.8. The van der Waals surface area contributed by atoms with E-state index in [1.807, 2.05) is 0 Å². The molecule has 358 valence electrons. The third-order valence-corrected chi connectivity index (χ3v) is 22.1. The van der Waals surface area contributed by atoms with Crippen LogP contribution >= 0.6 is 15.9 Å². The van der Waals surface area contributed by atoms with Crippen molar-refractivity contribution in [1.82, 2.24) is 0 Å². The van der Waals surface area contributed by atoms with E-state index in [1.54, 1.807) is 0 Å². The van der Waals surface area contributed by atoms with Crippen molar-refractivity contribution in [3.63, 3.8) is 0 Å². The van der Waals surface area contributed by atoms with Crippen molar-refractivity contribution >= 4 is 53.3 Å². The molecule has 2 nitrogen and oxygen atoms in total. The molecule has 0 aliphatic heterocycles. The Kier molecular flexibility index (Phi) is 36.8. The minimum absolute atomic E-state index is 0. The largest absolute Gasteiger partial charge is 1.00 e. The summed E-state index contributed by atoms with van der Waals surface area (Å²) >= 11 is 3.51. The van der Waals surface area contributed by atoms with Crippen LogP contribution in [0.1, 0.15) is 171 Å². The van der Waals surface area contributed by atoms with Gasteiger partial charge in [-0.05, 0) is 69.3 Å². The van der Waals surface area contributed by atoms with E-state index < -0.39 is 16.6 Å². The first-order valence-corrected chi connectivity index (χ1v) is 30.1. The third kappa shape index (κ3) is 23.2. The van der Waals surface area contributed by atoms with Crippen molar-refractivity contribution in [3.05, 3.63) is 128 Å². The van der Waals surface area contributed by atoms with Gasteiger partial charge in [-0.25, -0.2) is 0 Å². The summed E-state index contributed by atoms with van der Waals surface area (Å²) in [6.45, 7) is 25.8. The zero-order valence-corrected chi connectivity index (χ0v) is 47.3. The SMILES string of the molecule is C#CCCCCC.CC(C)(C)[Si](OCCCCCBr)(c1ccccc1)c1ccccc1.CCCCCC#CCCCCCO[Si](c1ccccc1)(c1ccccc1)C(C)(C)C.[CH2-]CCC.[Li+]. The van der Waals surface area contributed by atoms with Crippen LogP contribution in [0, 0.1) is 31.1 Å². The monoisotopic (exact) mass is 985 g/mol. The van der Waals surface area contributed by atoms with Crippen LogP contribution in [0.2, 0.25) is 10.1 Å². The van der Waals surface area contributed by atoms with Gasteiger partial charge in [-0.3, -0.25) is 0 Å². The molecule has 4 aromatic carbocycles. The van der Waals surface area contributed by atoms with Gasteiger partial charge in [0.25, 0.3) is 16.6 Å². The van der Waals surface area contributed by atoms with Gasteiger partial charge in [-0.15, -0.1) is 24.2 Å². The molecule has 66 heavy (non-hydrogen) atoms. The molecule has 0 aliphatic rings. The van der Waals surface area contributed by atoms with Crippen molar-refractivity contribution in [1.29, 1.82) is 0 Å². The van der Waals surface area contributed by atoms with Crippen molar-refractivity contribution in [2.24, 2.45) is 0 Å². The summed E-state index contributed by atoms with van der Waals surface area (Å²) in [6, 6.07) is 43.6. The number of benzene rings is 4. The van der Waals surface area contributed by atoms with Crippen molar-refractivity contribution < 1.29 is 27.7 Å². The van der Waals surface area contributed by atoms with Gasteiger partial charge < -0.3 is 15.8 Å². The van der Waals surface area contributed by atoms with Gasteiger partial charge in [-0.2, -0.15) is 6.42 Å². The van der Waals surface area contributed by atoms with E-state index in [0.717, 1.165) is 57.1 Å².